The van der Waals surface area contributed by atoms with E-state index in [-0.39, 0.29) is 0 Å². The van der Waals surface area contributed by atoms with Crippen molar-refractivity contribution in [1.82, 2.24) is 10.2 Å². The quantitative estimate of drug-likeness (QED) is 0.477. The van der Waals surface area contributed by atoms with Crippen LogP contribution in [0.4, 0.5) is 0 Å². The topological polar surface area (TPSA) is 41.1 Å². The third-order valence-corrected chi connectivity index (χ3v) is 3.63. The zero-order valence-corrected chi connectivity index (χ0v) is 8.71. The van der Waals surface area contributed by atoms with E-state index < -0.39 is 0 Å². The fourth-order valence-corrected chi connectivity index (χ4v) is 2.66. The van der Waals surface area contributed by atoms with Gasteiger partial charge in [-0.25, -0.2) is 0 Å². The maximum atomic E-state index is 5.42. The van der Waals surface area contributed by atoms with Crippen LogP contribution in [-0.4, -0.2) is 42.7 Å². The molecule has 0 aliphatic carbocycles. The molecule has 76 valence electrons. The van der Waals surface area contributed by atoms with Gasteiger partial charge in [0.05, 0.1) is 0 Å². The molecule has 2 aliphatic rings. The Morgan fingerprint density at radius 1 is 1.54 bits per heavy atom. The summed E-state index contributed by atoms with van der Waals surface area (Å²) in [6.45, 7) is 8.85. The lowest BCUT2D eigenvalue weighted by Crippen LogP contribution is -2.31. The summed E-state index contributed by atoms with van der Waals surface area (Å²) in [4.78, 5) is 2.61. The smallest absolute Gasteiger partial charge is 0.0312 e. The third-order valence-electron chi connectivity index (χ3n) is 3.63. The number of hydrogen-bond acceptors (Lipinski definition) is 3. The molecule has 2 heterocycles. The van der Waals surface area contributed by atoms with Crippen molar-refractivity contribution in [3.8, 4) is 0 Å². The highest BCUT2D eigenvalue weighted by molar-refractivity contribution is 5.16. The predicted octanol–water partition coefficient (Wildman–Crippen LogP) is 0.0174. The summed E-state index contributed by atoms with van der Waals surface area (Å²) in [5.74, 6) is 0.865. The van der Waals surface area contributed by atoms with Crippen LogP contribution in [0.2, 0.25) is 0 Å². The fraction of sp³-hybridized carbons (Fsp3) is 1.00. The van der Waals surface area contributed by atoms with E-state index in [1.54, 1.807) is 0 Å². The van der Waals surface area contributed by atoms with Gasteiger partial charge < -0.3 is 11.1 Å². The van der Waals surface area contributed by atoms with Crippen molar-refractivity contribution in [3.05, 3.63) is 0 Å². The van der Waals surface area contributed by atoms with E-state index in [1.165, 1.54) is 13.0 Å². The second kappa shape index (κ2) is 3.23. The fourth-order valence-electron chi connectivity index (χ4n) is 2.66. The maximum Gasteiger partial charge on any atom is 0.0312 e. The zero-order chi connectivity index (χ0) is 9.47. The van der Waals surface area contributed by atoms with Crippen molar-refractivity contribution < 1.29 is 0 Å². The van der Waals surface area contributed by atoms with Crippen LogP contribution in [0.1, 0.15) is 20.3 Å². The Morgan fingerprint density at radius 2 is 2.31 bits per heavy atom. The molecule has 0 spiro atoms. The number of piperidine rings is 1. The van der Waals surface area contributed by atoms with Gasteiger partial charge in [-0.05, 0) is 32.7 Å². The summed E-state index contributed by atoms with van der Waals surface area (Å²) in [6.07, 6.45) is 1.38. The van der Waals surface area contributed by atoms with Gasteiger partial charge >= 0.3 is 0 Å². The first-order valence-corrected chi connectivity index (χ1v) is 5.34. The Kier molecular flexibility index (Phi) is 2.34. The van der Waals surface area contributed by atoms with E-state index in [0.717, 1.165) is 31.6 Å². The molecule has 2 rings (SSSR count). The predicted molar refractivity (Wildman–Crippen MR) is 54.6 cm³/mol. The summed E-state index contributed by atoms with van der Waals surface area (Å²) in [6, 6.07) is 0.872. The summed E-state index contributed by atoms with van der Waals surface area (Å²) >= 11 is 0. The Labute approximate surface area is 80.7 Å². The highest BCUT2D eigenvalue weighted by Crippen LogP contribution is 2.49. The molecule has 0 aromatic rings. The molecular weight excluding hydrogens is 162 g/mol. The molecule has 0 bridgehead atoms. The van der Waals surface area contributed by atoms with Crippen LogP contribution in [0.3, 0.4) is 0 Å². The first-order valence-electron chi connectivity index (χ1n) is 5.34. The number of fused-ring (bicyclic) bond motifs is 1. The molecule has 0 aromatic carbocycles. The molecule has 3 nitrogen and oxygen atoms in total. The third kappa shape index (κ3) is 1.60. The summed E-state index contributed by atoms with van der Waals surface area (Å²) in [5.41, 5.74) is 5.94. The minimum absolute atomic E-state index is 0.518. The first-order chi connectivity index (χ1) is 6.16. The zero-order valence-electron chi connectivity index (χ0n) is 8.71. The van der Waals surface area contributed by atoms with E-state index in [0.29, 0.717) is 5.54 Å². The Hall–Kier alpha value is -0.120. The first kappa shape index (κ1) is 9.44. The van der Waals surface area contributed by atoms with Crippen molar-refractivity contribution in [3.63, 3.8) is 0 Å². The van der Waals surface area contributed by atoms with Crippen molar-refractivity contribution in [2.45, 2.75) is 31.8 Å². The van der Waals surface area contributed by atoms with Crippen LogP contribution in [0.25, 0.3) is 0 Å². The van der Waals surface area contributed by atoms with E-state index in [2.05, 4.69) is 24.1 Å². The lowest BCUT2D eigenvalue weighted by Gasteiger charge is -2.16. The average molecular weight is 183 g/mol. The highest BCUT2D eigenvalue weighted by atomic mass is 15.4. The van der Waals surface area contributed by atoms with Gasteiger partial charge in [0, 0.05) is 31.2 Å². The molecule has 3 N–H and O–H groups in total. The van der Waals surface area contributed by atoms with Gasteiger partial charge in [-0.15, -0.1) is 0 Å². The van der Waals surface area contributed by atoms with Gasteiger partial charge in [-0.3, -0.25) is 4.90 Å². The van der Waals surface area contributed by atoms with Gasteiger partial charge in [0.15, 0.2) is 0 Å². The van der Waals surface area contributed by atoms with Crippen LogP contribution >= 0.6 is 0 Å². The molecule has 0 aromatic heterocycles. The van der Waals surface area contributed by atoms with Gasteiger partial charge in [-0.2, -0.15) is 0 Å². The number of hydrogen-bond donors (Lipinski definition) is 2. The molecule has 3 heteroatoms. The van der Waals surface area contributed by atoms with Crippen molar-refractivity contribution in [1.29, 1.82) is 0 Å². The lowest BCUT2D eigenvalue weighted by molar-refractivity contribution is 0.376. The number of nitrogens with two attached hydrogens (primary N) is 1. The lowest BCUT2D eigenvalue weighted by atomic mass is 9.98. The molecule has 0 radical (unpaired) electrons. The van der Waals surface area contributed by atoms with Crippen LogP contribution in [-0.2, 0) is 0 Å². The number of nitrogens with one attached hydrogen (secondary N) is 1. The van der Waals surface area contributed by atoms with Gasteiger partial charge in [0.25, 0.3) is 0 Å². The largest absolute Gasteiger partial charge is 0.329 e. The molecule has 3 unspecified atom stereocenters. The van der Waals surface area contributed by atoms with Crippen LogP contribution in [0.5, 0.6) is 0 Å². The minimum atomic E-state index is 0.518. The molecule has 3 atom stereocenters. The van der Waals surface area contributed by atoms with Gasteiger partial charge in [0.2, 0.25) is 0 Å². The Balaban J connectivity index is 1.66. The second-order valence-electron chi connectivity index (χ2n) is 4.92. The average Bonchev–Trinajstić information content (AvgIpc) is 2.53. The Bertz CT molecular complexity index is 177. The van der Waals surface area contributed by atoms with Crippen LogP contribution < -0.4 is 11.1 Å². The van der Waals surface area contributed by atoms with Crippen LogP contribution in [0, 0.1) is 5.92 Å². The van der Waals surface area contributed by atoms with Crippen LogP contribution in [0.15, 0.2) is 0 Å². The molecule has 2 saturated heterocycles. The van der Waals surface area contributed by atoms with Gasteiger partial charge in [-0.1, -0.05) is 0 Å². The monoisotopic (exact) mass is 183 g/mol. The summed E-state index contributed by atoms with van der Waals surface area (Å²) < 4.78 is 0. The normalized spacial score (nSPS) is 40.4. The van der Waals surface area contributed by atoms with Crippen molar-refractivity contribution >= 4 is 0 Å². The molecule has 2 fully saturated rings. The van der Waals surface area contributed by atoms with Crippen molar-refractivity contribution in [2.75, 3.05) is 26.2 Å². The summed E-state index contributed by atoms with van der Waals surface area (Å²) in [7, 11) is 0. The number of nitrogens with zero attached hydrogens (tertiary/aromatic N) is 1. The molecule has 0 saturated carbocycles. The van der Waals surface area contributed by atoms with E-state index >= 15 is 0 Å². The molecule has 0 amide bonds. The standard InChI is InChI=1S/C10H21N3/c1-10(2)9-5-8(7-13(9)10)6-12-4-3-11/h8-9,12H,3-7,11H2,1-2H3. The van der Waals surface area contributed by atoms with Gasteiger partial charge in [0.1, 0.15) is 0 Å². The minimum Gasteiger partial charge on any atom is -0.329 e. The second-order valence-corrected chi connectivity index (χ2v) is 4.92. The molecular formula is C10H21N3. The summed E-state index contributed by atoms with van der Waals surface area (Å²) in [5, 5.41) is 3.39. The van der Waals surface area contributed by atoms with E-state index in [9.17, 15) is 0 Å². The van der Waals surface area contributed by atoms with E-state index in [4.69, 9.17) is 5.73 Å². The molecule has 13 heavy (non-hydrogen) atoms. The Morgan fingerprint density at radius 3 is 2.85 bits per heavy atom. The maximum absolute atomic E-state index is 5.42. The van der Waals surface area contributed by atoms with E-state index in [1.807, 2.05) is 0 Å². The highest BCUT2D eigenvalue weighted by Gasteiger charge is 2.59. The molecule has 2 aliphatic heterocycles. The number of rotatable bonds is 4. The van der Waals surface area contributed by atoms with Crippen molar-refractivity contribution in [2.24, 2.45) is 11.7 Å². The SMILES string of the molecule is CC1(C)C2CC(CNCCN)CN21.